The molecular formula is C14H21NO4S. The van der Waals surface area contributed by atoms with Gasteiger partial charge in [0.15, 0.2) is 0 Å². The van der Waals surface area contributed by atoms with Crippen LogP contribution in [0.3, 0.4) is 0 Å². The van der Waals surface area contributed by atoms with E-state index in [2.05, 4.69) is 0 Å². The van der Waals surface area contributed by atoms with Crippen LogP contribution in [0, 0.1) is 0 Å². The molecule has 6 heteroatoms. The first-order valence-electron chi connectivity index (χ1n) is 6.62. The third kappa shape index (κ3) is 4.94. The number of nitrogens with zero attached hydrogens (tertiary/aromatic N) is 1. The lowest BCUT2D eigenvalue weighted by Gasteiger charge is -2.26. The van der Waals surface area contributed by atoms with Crippen molar-refractivity contribution in [2.24, 2.45) is 0 Å². The number of benzene rings is 1. The highest BCUT2D eigenvalue weighted by Crippen LogP contribution is 2.12. The summed E-state index contributed by atoms with van der Waals surface area (Å²) in [6, 6.07) is 8.98. The number of hydrogen-bond acceptors (Lipinski definition) is 3. The van der Waals surface area contributed by atoms with Crippen LogP contribution in [0.1, 0.15) is 25.8 Å². The predicted octanol–water partition coefficient (Wildman–Crippen LogP) is 1.74. The Morgan fingerprint density at radius 3 is 2.40 bits per heavy atom. The second-order valence-electron chi connectivity index (χ2n) is 4.75. The second-order valence-corrected chi connectivity index (χ2v) is 6.79. The fourth-order valence-electron chi connectivity index (χ4n) is 1.87. The summed E-state index contributed by atoms with van der Waals surface area (Å²) in [4.78, 5) is 10.8. The van der Waals surface area contributed by atoms with E-state index in [0.717, 1.165) is 9.87 Å². The van der Waals surface area contributed by atoms with Crippen molar-refractivity contribution in [3.05, 3.63) is 35.9 Å². The van der Waals surface area contributed by atoms with E-state index in [-0.39, 0.29) is 11.8 Å². The van der Waals surface area contributed by atoms with Gasteiger partial charge in [-0.15, -0.1) is 0 Å². The Balaban J connectivity index is 2.79. The Bertz CT molecular complexity index is 527. The van der Waals surface area contributed by atoms with Crippen LogP contribution in [0.2, 0.25) is 0 Å². The van der Waals surface area contributed by atoms with Crippen molar-refractivity contribution in [3.8, 4) is 0 Å². The maximum atomic E-state index is 12.3. The van der Waals surface area contributed by atoms with Crippen molar-refractivity contribution in [3.63, 3.8) is 0 Å². The lowest BCUT2D eigenvalue weighted by Crippen LogP contribution is -2.43. The quantitative estimate of drug-likeness (QED) is 0.793. The predicted molar refractivity (Wildman–Crippen MR) is 78.0 cm³/mol. The molecule has 0 saturated carbocycles. The summed E-state index contributed by atoms with van der Waals surface area (Å²) >= 11 is 0. The average Bonchev–Trinajstić information content (AvgIpc) is 2.42. The van der Waals surface area contributed by atoms with Gasteiger partial charge in [0.05, 0.1) is 5.75 Å². The van der Waals surface area contributed by atoms with E-state index >= 15 is 0 Å². The van der Waals surface area contributed by atoms with E-state index in [9.17, 15) is 13.2 Å². The molecule has 0 amide bonds. The molecule has 0 aliphatic rings. The number of aliphatic carboxylic acids is 1. The van der Waals surface area contributed by atoms with E-state index in [1.165, 1.54) is 0 Å². The highest BCUT2D eigenvalue weighted by atomic mass is 32.2. The summed E-state index contributed by atoms with van der Waals surface area (Å²) in [6.45, 7) is 3.08. The standard InChI is InChI=1S/C14H21NO4S/c1-3-12(2)15(11-14(16)17)20(18,19)10-9-13-7-5-4-6-8-13/h4-8,12H,3,9-11H2,1-2H3,(H,16,17). The van der Waals surface area contributed by atoms with Crippen LogP contribution in [0.15, 0.2) is 30.3 Å². The van der Waals surface area contributed by atoms with Gasteiger partial charge in [-0.05, 0) is 25.3 Å². The number of carboxylic acid groups (broad SMARTS) is 1. The first kappa shape index (κ1) is 16.7. The van der Waals surface area contributed by atoms with Gasteiger partial charge >= 0.3 is 5.97 Å². The summed E-state index contributed by atoms with van der Waals surface area (Å²) in [5.41, 5.74) is 0.926. The van der Waals surface area contributed by atoms with Crippen molar-refractivity contribution in [2.75, 3.05) is 12.3 Å². The third-order valence-corrected chi connectivity index (χ3v) is 5.15. The normalized spacial score (nSPS) is 13.3. The van der Waals surface area contributed by atoms with Gasteiger partial charge < -0.3 is 5.11 Å². The number of aryl methyl sites for hydroxylation is 1. The summed E-state index contributed by atoms with van der Waals surface area (Å²) in [5.74, 6) is -1.21. The fraction of sp³-hybridized carbons (Fsp3) is 0.500. The molecule has 0 spiro atoms. The first-order valence-corrected chi connectivity index (χ1v) is 8.23. The summed E-state index contributed by atoms with van der Waals surface area (Å²) in [5, 5.41) is 8.87. The zero-order valence-electron chi connectivity index (χ0n) is 11.8. The highest BCUT2D eigenvalue weighted by Gasteiger charge is 2.28. The minimum absolute atomic E-state index is 0.0748. The Morgan fingerprint density at radius 2 is 1.90 bits per heavy atom. The molecule has 0 aliphatic heterocycles. The van der Waals surface area contributed by atoms with Crippen molar-refractivity contribution in [2.45, 2.75) is 32.7 Å². The fourth-order valence-corrected chi connectivity index (χ4v) is 3.61. The van der Waals surface area contributed by atoms with Gasteiger partial charge in [0, 0.05) is 6.04 Å². The second kappa shape index (κ2) is 7.40. The van der Waals surface area contributed by atoms with Crippen LogP contribution in [0.4, 0.5) is 0 Å². The molecule has 1 rings (SSSR count). The largest absolute Gasteiger partial charge is 0.480 e. The summed E-state index contributed by atoms with van der Waals surface area (Å²) in [7, 11) is -3.57. The molecule has 0 fully saturated rings. The number of sulfonamides is 1. The van der Waals surface area contributed by atoms with Crippen LogP contribution >= 0.6 is 0 Å². The van der Waals surface area contributed by atoms with Gasteiger partial charge in [-0.25, -0.2) is 8.42 Å². The van der Waals surface area contributed by atoms with Crippen LogP contribution in [0.25, 0.3) is 0 Å². The topological polar surface area (TPSA) is 74.7 Å². The molecule has 0 bridgehead atoms. The lowest BCUT2D eigenvalue weighted by molar-refractivity contribution is -0.137. The molecule has 1 unspecified atom stereocenters. The van der Waals surface area contributed by atoms with Crippen molar-refractivity contribution < 1.29 is 18.3 Å². The van der Waals surface area contributed by atoms with Gasteiger partial charge in [0.25, 0.3) is 0 Å². The number of carbonyl (C=O) groups is 1. The Labute approximate surface area is 120 Å². The maximum absolute atomic E-state index is 12.3. The minimum atomic E-state index is -3.57. The molecule has 1 atom stereocenters. The van der Waals surface area contributed by atoms with Crippen LogP contribution in [-0.4, -0.2) is 42.1 Å². The minimum Gasteiger partial charge on any atom is -0.480 e. The molecule has 0 aliphatic carbocycles. The van der Waals surface area contributed by atoms with Crippen molar-refractivity contribution in [1.29, 1.82) is 0 Å². The third-order valence-electron chi connectivity index (χ3n) is 3.22. The van der Waals surface area contributed by atoms with E-state index in [4.69, 9.17) is 5.11 Å². The zero-order chi connectivity index (χ0) is 15.2. The number of rotatable bonds is 8. The van der Waals surface area contributed by atoms with E-state index < -0.39 is 22.5 Å². The molecule has 1 aromatic carbocycles. The Kier molecular flexibility index (Phi) is 6.16. The molecule has 112 valence electrons. The van der Waals surface area contributed by atoms with Crippen LogP contribution < -0.4 is 0 Å². The Hall–Kier alpha value is -1.40. The van der Waals surface area contributed by atoms with Gasteiger partial charge in [0.2, 0.25) is 10.0 Å². The highest BCUT2D eigenvalue weighted by molar-refractivity contribution is 7.89. The molecule has 0 heterocycles. The zero-order valence-corrected chi connectivity index (χ0v) is 12.6. The molecule has 20 heavy (non-hydrogen) atoms. The molecule has 5 nitrogen and oxygen atoms in total. The average molecular weight is 299 g/mol. The lowest BCUT2D eigenvalue weighted by atomic mass is 10.2. The Morgan fingerprint density at radius 1 is 1.30 bits per heavy atom. The molecule has 0 radical (unpaired) electrons. The maximum Gasteiger partial charge on any atom is 0.318 e. The number of hydrogen-bond donors (Lipinski definition) is 1. The van der Waals surface area contributed by atoms with Gasteiger partial charge in [-0.3, -0.25) is 4.79 Å². The number of carboxylic acids is 1. The van der Waals surface area contributed by atoms with Crippen LogP contribution in [-0.2, 0) is 21.2 Å². The summed E-state index contributed by atoms with van der Waals surface area (Å²) in [6.07, 6.45) is 0.966. The molecular weight excluding hydrogens is 278 g/mol. The van der Waals surface area contributed by atoms with Crippen molar-refractivity contribution in [1.82, 2.24) is 4.31 Å². The molecule has 1 aromatic rings. The van der Waals surface area contributed by atoms with E-state index in [1.807, 2.05) is 37.3 Å². The molecule has 0 aromatic heterocycles. The van der Waals surface area contributed by atoms with Crippen LogP contribution in [0.5, 0.6) is 0 Å². The first-order chi connectivity index (χ1) is 9.36. The summed E-state index contributed by atoms with van der Waals surface area (Å²) < 4.78 is 25.7. The molecule has 1 N–H and O–H groups in total. The van der Waals surface area contributed by atoms with Crippen molar-refractivity contribution >= 4 is 16.0 Å². The SMILES string of the molecule is CCC(C)N(CC(=O)O)S(=O)(=O)CCc1ccccc1. The van der Waals surface area contributed by atoms with Gasteiger partial charge in [-0.1, -0.05) is 37.3 Å². The van der Waals surface area contributed by atoms with Gasteiger partial charge in [-0.2, -0.15) is 4.31 Å². The van der Waals surface area contributed by atoms with E-state index in [0.29, 0.717) is 12.8 Å². The molecule has 0 saturated heterocycles. The monoisotopic (exact) mass is 299 g/mol. The van der Waals surface area contributed by atoms with Gasteiger partial charge in [0.1, 0.15) is 6.54 Å². The van der Waals surface area contributed by atoms with E-state index in [1.54, 1.807) is 6.92 Å². The smallest absolute Gasteiger partial charge is 0.318 e.